The van der Waals surface area contributed by atoms with E-state index in [0.717, 1.165) is 43.0 Å². The first-order chi connectivity index (χ1) is 14.4. The number of halogens is 3. The van der Waals surface area contributed by atoms with Gasteiger partial charge >= 0.3 is 6.18 Å². The highest BCUT2D eigenvalue weighted by molar-refractivity contribution is 5.78. The molecule has 3 heterocycles. The van der Waals surface area contributed by atoms with E-state index in [2.05, 4.69) is 20.4 Å². The molecular weight excluding hydrogens is 399 g/mol. The molecule has 1 fully saturated rings. The van der Waals surface area contributed by atoms with E-state index >= 15 is 0 Å². The third-order valence-electron chi connectivity index (χ3n) is 5.60. The van der Waals surface area contributed by atoms with Gasteiger partial charge in [-0.05, 0) is 24.1 Å². The van der Waals surface area contributed by atoms with Gasteiger partial charge in [0.15, 0.2) is 5.82 Å². The average Bonchev–Trinajstić information content (AvgIpc) is 3.34. The van der Waals surface area contributed by atoms with Crippen molar-refractivity contribution in [2.24, 2.45) is 5.92 Å². The molecule has 0 spiro atoms. The Bertz CT molecular complexity index is 876. The molecule has 1 amide bonds. The van der Waals surface area contributed by atoms with Gasteiger partial charge in [0, 0.05) is 39.2 Å². The number of carbonyl (C=O) groups excluding carboxylic acids is 1. The predicted octanol–water partition coefficient (Wildman–Crippen LogP) is 2.01. The minimum absolute atomic E-state index is 0.0256. The quantitative estimate of drug-likeness (QED) is 0.797. The van der Waals surface area contributed by atoms with Crippen LogP contribution >= 0.6 is 0 Å². The van der Waals surface area contributed by atoms with E-state index in [1.54, 1.807) is 0 Å². The van der Waals surface area contributed by atoms with Crippen molar-refractivity contribution in [2.45, 2.75) is 38.7 Å². The van der Waals surface area contributed by atoms with Gasteiger partial charge in [-0.15, -0.1) is 10.2 Å². The lowest BCUT2D eigenvalue weighted by Gasteiger charge is -2.20. The molecule has 0 radical (unpaired) electrons. The van der Waals surface area contributed by atoms with Crippen molar-refractivity contribution in [1.29, 1.82) is 0 Å². The minimum atomic E-state index is -4.32. The van der Waals surface area contributed by atoms with E-state index in [0.29, 0.717) is 45.1 Å². The monoisotopic (exact) mass is 423 g/mol. The number of carbonyl (C=O) groups is 1. The van der Waals surface area contributed by atoms with Gasteiger partial charge in [-0.2, -0.15) is 13.2 Å². The van der Waals surface area contributed by atoms with E-state index in [9.17, 15) is 18.0 Å². The SMILES string of the molecule is O=C(NCc1nnc2n1CCN(Cc1ccc(C(F)(F)F)cc1)CC2)[C@H]1CCOC1. The number of alkyl halides is 3. The van der Waals surface area contributed by atoms with Crippen LogP contribution in [0.5, 0.6) is 0 Å². The number of hydrogen-bond acceptors (Lipinski definition) is 5. The van der Waals surface area contributed by atoms with Crippen LogP contribution in [0.2, 0.25) is 0 Å². The van der Waals surface area contributed by atoms with Crippen LogP contribution in [-0.4, -0.2) is 51.9 Å². The highest BCUT2D eigenvalue weighted by Gasteiger charge is 2.30. The first kappa shape index (κ1) is 20.8. The van der Waals surface area contributed by atoms with Crippen molar-refractivity contribution in [1.82, 2.24) is 25.0 Å². The molecule has 30 heavy (non-hydrogen) atoms. The Labute approximate surface area is 172 Å². The Morgan fingerprint density at radius 3 is 2.67 bits per heavy atom. The largest absolute Gasteiger partial charge is 0.416 e. The highest BCUT2D eigenvalue weighted by atomic mass is 19.4. The van der Waals surface area contributed by atoms with Gasteiger partial charge in [-0.25, -0.2) is 0 Å². The summed E-state index contributed by atoms with van der Waals surface area (Å²) in [6.07, 6.45) is -2.89. The number of nitrogens with one attached hydrogen (secondary N) is 1. The summed E-state index contributed by atoms with van der Waals surface area (Å²) in [5, 5.41) is 11.4. The second-order valence-corrected chi connectivity index (χ2v) is 7.68. The maximum Gasteiger partial charge on any atom is 0.416 e. The summed E-state index contributed by atoms with van der Waals surface area (Å²) in [4.78, 5) is 14.4. The Morgan fingerprint density at radius 2 is 1.97 bits per heavy atom. The van der Waals surface area contributed by atoms with E-state index < -0.39 is 11.7 Å². The van der Waals surface area contributed by atoms with Crippen molar-refractivity contribution in [3.63, 3.8) is 0 Å². The van der Waals surface area contributed by atoms with Gasteiger partial charge in [-0.3, -0.25) is 9.69 Å². The van der Waals surface area contributed by atoms with E-state index in [1.165, 1.54) is 12.1 Å². The molecule has 2 aliphatic heterocycles. The molecule has 1 saturated heterocycles. The summed E-state index contributed by atoms with van der Waals surface area (Å²) in [6, 6.07) is 5.31. The number of rotatable bonds is 5. The first-order valence-electron chi connectivity index (χ1n) is 10.0. The Balaban J connectivity index is 1.33. The van der Waals surface area contributed by atoms with E-state index in [-0.39, 0.29) is 11.8 Å². The van der Waals surface area contributed by atoms with Crippen molar-refractivity contribution in [3.8, 4) is 0 Å². The lowest BCUT2D eigenvalue weighted by Crippen LogP contribution is -2.32. The van der Waals surface area contributed by atoms with Crippen LogP contribution in [0.3, 0.4) is 0 Å². The Morgan fingerprint density at radius 1 is 1.17 bits per heavy atom. The number of hydrogen-bond donors (Lipinski definition) is 1. The van der Waals surface area contributed by atoms with Gasteiger partial charge in [0.1, 0.15) is 5.82 Å². The Kier molecular flexibility index (Phi) is 6.05. The summed E-state index contributed by atoms with van der Waals surface area (Å²) in [5.41, 5.74) is 0.205. The molecule has 2 aliphatic rings. The first-order valence-corrected chi connectivity index (χ1v) is 10.0. The molecule has 0 bridgehead atoms. The Hall–Kier alpha value is -2.46. The fraction of sp³-hybridized carbons (Fsp3) is 0.550. The number of aromatic nitrogens is 3. The molecule has 1 aromatic heterocycles. The molecule has 7 nitrogen and oxygen atoms in total. The van der Waals surface area contributed by atoms with Crippen LogP contribution in [0.15, 0.2) is 24.3 Å². The molecule has 1 atom stereocenters. The maximum atomic E-state index is 12.7. The van der Waals surface area contributed by atoms with Gasteiger partial charge in [0.05, 0.1) is 24.6 Å². The van der Waals surface area contributed by atoms with Crippen LogP contribution in [0.1, 0.15) is 29.2 Å². The highest BCUT2D eigenvalue weighted by Crippen LogP contribution is 2.29. The summed E-state index contributed by atoms with van der Waals surface area (Å²) in [7, 11) is 0. The predicted molar refractivity (Wildman–Crippen MR) is 101 cm³/mol. The third-order valence-corrected chi connectivity index (χ3v) is 5.60. The summed E-state index contributed by atoms with van der Waals surface area (Å²) in [6.45, 7) is 4.11. The number of ether oxygens (including phenoxy) is 1. The van der Waals surface area contributed by atoms with Gasteiger partial charge in [-0.1, -0.05) is 12.1 Å². The molecule has 162 valence electrons. The number of benzene rings is 1. The van der Waals surface area contributed by atoms with E-state index in [4.69, 9.17) is 4.74 Å². The molecule has 2 aromatic rings. The average molecular weight is 423 g/mol. The molecule has 0 aliphatic carbocycles. The summed E-state index contributed by atoms with van der Waals surface area (Å²) in [5.74, 6) is 1.45. The second-order valence-electron chi connectivity index (χ2n) is 7.68. The normalized spacial score (nSPS) is 20.0. The zero-order valence-corrected chi connectivity index (χ0v) is 16.5. The van der Waals surface area contributed by atoms with E-state index in [1.807, 2.05) is 4.57 Å². The van der Waals surface area contributed by atoms with Crippen LogP contribution < -0.4 is 5.32 Å². The molecule has 1 aromatic carbocycles. The summed E-state index contributed by atoms with van der Waals surface area (Å²) < 4.78 is 45.5. The van der Waals surface area contributed by atoms with Crippen LogP contribution in [0.4, 0.5) is 13.2 Å². The molecule has 0 saturated carbocycles. The number of fused-ring (bicyclic) bond motifs is 1. The second kappa shape index (κ2) is 8.73. The molecular formula is C20H24F3N5O2. The molecule has 1 N–H and O–H groups in total. The molecule has 10 heteroatoms. The minimum Gasteiger partial charge on any atom is -0.381 e. The number of nitrogens with zero attached hydrogens (tertiary/aromatic N) is 4. The van der Waals surface area contributed by atoms with Crippen molar-refractivity contribution in [2.75, 3.05) is 26.3 Å². The number of amides is 1. The lowest BCUT2D eigenvalue weighted by atomic mass is 10.1. The van der Waals surface area contributed by atoms with Crippen molar-refractivity contribution >= 4 is 5.91 Å². The fourth-order valence-electron chi connectivity index (χ4n) is 3.82. The van der Waals surface area contributed by atoms with Crippen molar-refractivity contribution in [3.05, 3.63) is 47.0 Å². The lowest BCUT2D eigenvalue weighted by molar-refractivity contribution is -0.137. The van der Waals surface area contributed by atoms with Crippen molar-refractivity contribution < 1.29 is 22.7 Å². The smallest absolute Gasteiger partial charge is 0.381 e. The van der Waals surface area contributed by atoms with Crippen LogP contribution in [-0.2, 0) is 41.8 Å². The fourth-order valence-corrected chi connectivity index (χ4v) is 3.82. The maximum absolute atomic E-state index is 12.7. The molecule has 0 unspecified atom stereocenters. The van der Waals surface area contributed by atoms with Gasteiger partial charge in [0.25, 0.3) is 0 Å². The molecule has 4 rings (SSSR count). The summed E-state index contributed by atoms with van der Waals surface area (Å²) >= 11 is 0. The zero-order chi connectivity index (χ0) is 21.1. The topological polar surface area (TPSA) is 72.3 Å². The van der Waals surface area contributed by atoms with Crippen LogP contribution in [0, 0.1) is 5.92 Å². The van der Waals surface area contributed by atoms with Gasteiger partial charge in [0.2, 0.25) is 5.91 Å². The zero-order valence-electron chi connectivity index (χ0n) is 16.5. The standard InChI is InChI=1S/C20H24F3N5O2/c21-20(22,23)16-3-1-14(2-4-16)12-27-7-5-17-25-26-18(28(17)9-8-27)11-24-19(29)15-6-10-30-13-15/h1-4,15H,5-13H2,(H,24,29)/t15-/m0/s1. The third kappa shape index (κ3) is 4.81. The van der Waals surface area contributed by atoms with Crippen LogP contribution in [0.25, 0.3) is 0 Å². The van der Waals surface area contributed by atoms with Gasteiger partial charge < -0.3 is 14.6 Å².